The molecule has 0 saturated carbocycles. The molecular weight excluding hydrogens is 321 g/mol. The van der Waals surface area contributed by atoms with Gasteiger partial charge in [-0.1, -0.05) is 0 Å². The molecule has 44 valence electrons. The van der Waals surface area contributed by atoms with Gasteiger partial charge in [-0.2, -0.15) is 7.82 Å². The second kappa shape index (κ2) is 5.11. The summed E-state index contributed by atoms with van der Waals surface area (Å²) in [7, 11) is -5.39. The van der Waals surface area contributed by atoms with Gasteiger partial charge in [-0.15, -0.1) is 0 Å². The Kier molecular flexibility index (Phi) is 11.4. The zero-order valence-electron chi connectivity index (χ0n) is 2.96. The fourth-order valence-electron chi connectivity index (χ4n) is 0. The van der Waals surface area contributed by atoms with Crippen LogP contribution < -0.4 is 19.4 Å². The number of hydrogen-bond donors (Lipinski definition) is 0. The summed E-state index contributed by atoms with van der Waals surface area (Å²) in [5.74, 6) is 0. The molecule has 0 heterocycles. The van der Waals surface area contributed by atoms with Crippen molar-refractivity contribution in [2.75, 3.05) is 0 Å². The molecule has 0 spiro atoms. The summed E-state index contributed by atoms with van der Waals surface area (Å²) >= 11 is 0. The van der Waals surface area contributed by atoms with Gasteiger partial charge in [0.25, 0.3) is 0 Å². The van der Waals surface area contributed by atoms with Gasteiger partial charge in [0.1, 0.15) is 0 Å². The minimum atomic E-state index is -5.39. The van der Waals surface area contributed by atoms with E-state index in [9.17, 15) is 0 Å². The van der Waals surface area contributed by atoms with Crippen LogP contribution in [-0.4, -0.2) is 27.3 Å². The second-order valence-corrected chi connectivity index (χ2v) is 1.34. The molecule has 0 aliphatic rings. The van der Waals surface area contributed by atoms with Gasteiger partial charge in [0, 0.05) is 27.3 Å². The minimum absolute atomic E-state index is 0. The average molecular weight is 321 g/mol. The third-order valence-corrected chi connectivity index (χ3v) is 0. The van der Waals surface area contributed by atoms with Gasteiger partial charge in [0.2, 0.25) is 0 Å². The first kappa shape index (κ1) is 15.7. The molecule has 0 unspecified atom stereocenters. The molecule has 0 fully saturated rings. The minimum Gasteiger partial charge on any atom is -1.00 e. The van der Waals surface area contributed by atoms with E-state index in [1.807, 2.05) is 0 Å². The van der Waals surface area contributed by atoms with Crippen molar-refractivity contribution in [1.82, 2.24) is 0 Å². The first-order chi connectivity index (χ1) is 2.00. The van der Waals surface area contributed by atoms with Crippen LogP contribution >= 0.6 is 7.82 Å². The Labute approximate surface area is 59.3 Å². The summed E-state index contributed by atoms with van der Waals surface area (Å²) in [5, 5.41) is 0. The Balaban J connectivity index is -0.0000000800. The SMILES string of the molecule is O=P([O-])([O-])[O-].[F-].[Pb]. The standard InChI is InChI=1S/FH.H3O4P.Pb/c;1-5(2,3)4;/h1H;(H3,1,2,3,4);/p-4. The molecule has 0 N–H and O–H groups in total. The molecule has 0 amide bonds. The van der Waals surface area contributed by atoms with Crippen molar-refractivity contribution in [3.05, 3.63) is 0 Å². The number of halogens is 1. The molecule has 0 saturated heterocycles. The summed E-state index contributed by atoms with van der Waals surface area (Å²) in [6.07, 6.45) is 0. The maximum Gasteiger partial charge on any atom is 0 e. The van der Waals surface area contributed by atoms with Gasteiger partial charge in [-0.05, 0) is 0 Å². The quantitative estimate of drug-likeness (QED) is 0.328. The van der Waals surface area contributed by atoms with Gasteiger partial charge in [0.15, 0.2) is 0 Å². The fraction of sp³-hybridized carbons (Fsp3) is 0. The van der Waals surface area contributed by atoms with Crippen molar-refractivity contribution in [2.24, 2.45) is 0 Å². The predicted molar refractivity (Wildman–Crippen MR) is 13.4 cm³/mol. The van der Waals surface area contributed by atoms with Gasteiger partial charge >= 0.3 is 0 Å². The topological polar surface area (TPSA) is 86.2 Å². The van der Waals surface area contributed by atoms with E-state index in [2.05, 4.69) is 0 Å². The first-order valence-electron chi connectivity index (χ1n) is 0.730. The Morgan fingerprint density at radius 2 is 1.14 bits per heavy atom. The molecule has 0 atom stereocenters. The van der Waals surface area contributed by atoms with Crippen LogP contribution in [0, 0.1) is 0 Å². The third-order valence-electron chi connectivity index (χ3n) is 0. The van der Waals surface area contributed by atoms with E-state index >= 15 is 0 Å². The molecule has 7 heteroatoms. The van der Waals surface area contributed by atoms with Gasteiger partial charge in [-0.3, -0.25) is 0 Å². The van der Waals surface area contributed by atoms with Crippen LogP contribution in [0.15, 0.2) is 0 Å². The van der Waals surface area contributed by atoms with Crippen LogP contribution in [0.3, 0.4) is 0 Å². The fourth-order valence-corrected chi connectivity index (χ4v) is 0. The monoisotopic (exact) mass is 322 g/mol. The van der Waals surface area contributed by atoms with Crippen LogP contribution in [-0.2, 0) is 4.57 Å². The Morgan fingerprint density at radius 3 is 1.14 bits per heavy atom. The summed E-state index contributed by atoms with van der Waals surface area (Å²) < 4.78 is 8.55. The van der Waals surface area contributed by atoms with Gasteiger partial charge in [0.05, 0.1) is 0 Å². The van der Waals surface area contributed by atoms with E-state index in [0.717, 1.165) is 0 Å². The van der Waals surface area contributed by atoms with Crippen LogP contribution in [0.1, 0.15) is 0 Å². The Hall–Kier alpha value is 0.962. The van der Waals surface area contributed by atoms with Crippen LogP contribution in [0.4, 0.5) is 0 Å². The summed E-state index contributed by atoms with van der Waals surface area (Å²) in [5.41, 5.74) is 0. The maximum atomic E-state index is 8.55. The molecule has 7 heavy (non-hydrogen) atoms. The van der Waals surface area contributed by atoms with Crippen molar-refractivity contribution in [3.63, 3.8) is 0 Å². The zero-order chi connectivity index (χ0) is 4.50. The summed E-state index contributed by atoms with van der Waals surface area (Å²) in [4.78, 5) is 25.6. The van der Waals surface area contributed by atoms with E-state index in [1.165, 1.54) is 0 Å². The largest absolute Gasteiger partial charge is 1.00 e. The van der Waals surface area contributed by atoms with E-state index in [0.29, 0.717) is 0 Å². The molecule has 0 aliphatic carbocycles. The molecule has 0 aromatic carbocycles. The Morgan fingerprint density at radius 1 is 1.14 bits per heavy atom. The zero-order valence-corrected chi connectivity index (χ0v) is 7.74. The Bertz CT molecular complexity index is 57.8. The van der Waals surface area contributed by atoms with Gasteiger partial charge in [-0.25, -0.2) is 0 Å². The molecular formula is FO4PPb-4. The van der Waals surface area contributed by atoms with Crippen LogP contribution in [0.25, 0.3) is 0 Å². The second-order valence-electron chi connectivity index (χ2n) is 0.447. The van der Waals surface area contributed by atoms with E-state index in [4.69, 9.17) is 19.2 Å². The average Bonchev–Trinajstić information content (AvgIpc) is 0.722. The molecule has 0 aromatic heterocycles. The third kappa shape index (κ3) is 185. The number of phosphoric acid groups is 1. The maximum absolute atomic E-state index is 8.55. The van der Waals surface area contributed by atoms with Crippen molar-refractivity contribution in [3.8, 4) is 0 Å². The van der Waals surface area contributed by atoms with Crippen LogP contribution in [0.2, 0.25) is 0 Å². The summed E-state index contributed by atoms with van der Waals surface area (Å²) in [6, 6.07) is 0. The predicted octanol–water partition coefficient (Wildman–Crippen LogP) is -6.20. The molecule has 0 aliphatic heterocycles. The smallest absolute Gasteiger partial charge is 0 e. The number of rotatable bonds is 0. The van der Waals surface area contributed by atoms with E-state index in [-0.39, 0.29) is 32.0 Å². The molecule has 0 bridgehead atoms. The van der Waals surface area contributed by atoms with Gasteiger partial charge < -0.3 is 23.9 Å². The molecule has 4 nitrogen and oxygen atoms in total. The van der Waals surface area contributed by atoms with E-state index in [1.54, 1.807) is 0 Å². The van der Waals surface area contributed by atoms with Crippen molar-refractivity contribution >= 4 is 35.1 Å². The number of hydrogen-bond acceptors (Lipinski definition) is 4. The van der Waals surface area contributed by atoms with E-state index < -0.39 is 7.82 Å². The molecule has 4 radical (unpaired) electrons. The van der Waals surface area contributed by atoms with Crippen LogP contribution in [0.5, 0.6) is 0 Å². The first-order valence-corrected chi connectivity index (χ1v) is 2.19. The van der Waals surface area contributed by atoms with Crippen molar-refractivity contribution in [2.45, 2.75) is 0 Å². The van der Waals surface area contributed by atoms with Crippen molar-refractivity contribution < 1.29 is 23.9 Å². The summed E-state index contributed by atoms with van der Waals surface area (Å²) in [6.45, 7) is 0. The van der Waals surface area contributed by atoms with Crippen molar-refractivity contribution in [1.29, 1.82) is 0 Å². The molecule has 0 aromatic rings. The molecule has 0 rings (SSSR count). The normalized spacial score (nSPS) is 8.43.